The molecule has 0 unspecified atom stereocenters. The molecule has 2 aromatic carbocycles. The highest BCUT2D eigenvalue weighted by atomic mass is 16.5. The zero-order valence-electron chi connectivity index (χ0n) is 16.3. The monoisotopic (exact) mass is 377 g/mol. The van der Waals surface area contributed by atoms with Crippen LogP contribution in [0.2, 0.25) is 0 Å². The summed E-state index contributed by atoms with van der Waals surface area (Å²) in [7, 11) is 0. The number of aromatic nitrogens is 2. The molecule has 1 atom stereocenters. The second-order valence-electron chi connectivity index (χ2n) is 7.12. The number of morpholine rings is 1. The molecule has 1 saturated heterocycles. The van der Waals surface area contributed by atoms with Gasteiger partial charge in [-0.25, -0.2) is 4.98 Å². The molecule has 0 saturated carbocycles. The van der Waals surface area contributed by atoms with Gasteiger partial charge in [0, 0.05) is 31.5 Å². The maximum atomic E-state index is 5.92. The number of imidazole rings is 1. The molecule has 0 bridgehead atoms. The molecule has 0 radical (unpaired) electrons. The van der Waals surface area contributed by atoms with E-state index in [4.69, 9.17) is 9.47 Å². The maximum Gasteiger partial charge on any atom is 0.120 e. The summed E-state index contributed by atoms with van der Waals surface area (Å²) in [6.07, 6.45) is 5.53. The normalized spacial score (nSPS) is 16.0. The lowest BCUT2D eigenvalue weighted by molar-refractivity contribution is 0.0198. The van der Waals surface area contributed by atoms with E-state index in [2.05, 4.69) is 53.2 Å². The number of benzene rings is 2. The third-order valence-corrected chi connectivity index (χ3v) is 5.33. The highest BCUT2D eigenvalue weighted by Gasteiger charge is 2.18. The van der Waals surface area contributed by atoms with E-state index in [-0.39, 0.29) is 0 Å². The van der Waals surface area contributed by atoms with E-state index >= 15 is 0 Å². The molecule has 1 aliphatic rings. The average molecular weight is 377 g/mol. The van der Waals surface area contributed by atoms with Gasteiger partial charge < -0.3 is 14.0 Å². The van der Waals surface area contributed by atoms with Crippen LogP contribution < -0.4 is 4.74 Å². The fourth-order valence-electron chi connectivity index (χ4n) is 3.58. The van der Waals surface area contributed by atoms with Crippen molar-refractivity contribution in [3.8, 4) is 16.9 Å². The zero-order valence-corrected chi connectivity index (χ0v) is 16.3. The number of hydrogen-bond acceptors (Lipinski definition) is 4. The van der Waals surface area contributed by atoms with Crippen molar-refractivity contribution in [1.82, 2.24) is 14.5 Å². The van der Waals surface area contributed by atoms with Crippen molar-refractivity contribution in [3.63, 3.8) is 0 Å². The van der Waals surface area contributed by atoms with Crippen LogP contribution in [0.15, 0.2) is 67.3 Å². The number of ether oxygens (including phenoxy) is 2. The largest absolute Gasteiger partial charge is 0.492 e. The minimum atomic E-state index is 0.413. The minimum Gasteiger partial charge on any atom is -0.492 e. The molecule has 5 nitrogen and oxygen atoms in total. The van der Waals surface area contributed by atoms with Crippen molar-refractivity contribution < 1.29 is 9.47 Å². The van der Waals surface area contributed by atoms with Crippen LogP contribution in [0.4, 0.5) is 0 Å². The van der Waals surface area contributed by atoms with Crippen LogP contribution in [0.25, 0.3) is 11.1 Å². The van der Waals surface area contributed by atoms with Crippen molar-refractivity contribution in [2.24, 2.45) is 0 Å². The highest BCUT2D eigenvalue weighted by Crippen LogP contribution is 2.27. The Labute approximate surface area is 166 Å². The summed E-state index contributed by atoms with van der Waals surface area (Å²) < 4.78 is 13.4. The van der Waals surface area contributed by atoms with Crippen LogP contribution in [-0.4, -0.2) is 47.4 Å². The predicted octanol–water partition coefficient (Wildman–Crippen LogP) is 4.02. The molecule has 1 aliphatic heterocycles. The topological polar surface area (TPSA) is 39.5 Å². The lowest BCUT2D eigenvalue weighted by Crippen LogP contribution is -2.37. The zero-order chi connectivity index (χ0) is 19.2. The molecule has 0 N–H and O–H groups in total. The third-order valence-electron chi connectivity index (χ3n) is 5.33. The summed E-state index contributed by atoms with van der Waals surface area (Å²) in [4.78, 5) is 6.53. The lowest BCUT2D eigenvalue weighted by atomic mass is 10.0. The van der Waals surface area contributed by atoms with Gasteiger partial charge in [-0.2, -0.15) is 0 Å². The van der Waals surface area contributed by atoms with Crippen LogP contribution in [0.3, 0.4) is 0 Å². The van der Waals surface area contributed by atoms with Crippen molar-refractivity contribution in [2.45, 2.75) is 19.5 Å². The minimum absolute atomic E-state index is 0.413. The van der Waals surface area contributed by atoms with E-state index in [0.717, 1.165) is 38.6 Å². The van der Waals surface area contributed by atoms with Gasteiger partial charge in [0.15, 0.2) is 0 Å². The van der Waals surface area contributed by atoms with Gasteiger partial charge in [-0.15, -0.1) is 0 Å². The van der Waals surface area contributed by atoms with Crippen LogP contribution in [0.1, 0.15) is 18.5 Å². The van der Waals surface area contributed by atoms with Gasteiger partial charge in [0.25, 0.3) is 0 Å². The third kappa shape index (κ3) is 4.61. The fraction of sp³-hybridized carbons (Fsp3) is 0.348. The molecule has 28 heavy (non-hydrogen) atoms. The Morgan fingerprint density at radius 3 is 2.64 bits per heavy atom. The smallest absolute Gasteiger partial charge is 0.120 e. The van der Waals surface area contributed by atoms with Crippen molar-refractivity contribution in [3.05, 3.63) is 72.8 Å². The Balaban J connectivity index is 1.39. The van der Waals surface area contributed by atoms with Gasteiger partial charge in [-0.1, -0.05) is 36.4 Å². The van der Waals surface area contributed by atoms with E-state index < -0.39 is 0 Å². The van der Waals surface area contributed by atoms with Crippen molar-refractivity contribution in [1.29, 1.82) is 0 Å². The molecule has 3 aromatic rings. The quantitative estimate of drug-likeness (QED) is 0.623. The standard InChI is InChI=1S/C23H27N3O2/c1-19(26-12-14-27-15-13-26)20-5-7-21(8-6-20)22-3-2-4-23(17-22)28-16-11-25-10-9-24-18-25/h2-10,17-19H,11-16H2,1H3/t19-/m1/s1. The molecule has 146 valence electrons. The second-order valence-corrected chi connectivity index (χ2v) is 7.12. The van der Waals surface area contributed by atoms with Crippen molar-refractivity contribution >= 4 is 0 Å². The second kappa shape index (κ2) is 9.04. The van der Waals surface area contributed by atoms with E-state index in [1.807, 2.05) is 22.9 Å². The number of nitrogens with zero attached hydrogens (tertiary/aromatic N) is 3. The van der Waals surface area contributed by atoms with Crippen molar-refractivity contribution in [2.75, 3.05) is 32.9 Å². The SMILES string of the molecule is C[C@H](c1ccc(-c2cccc(OCCn3ccnc3)c2)cc1)N1CCOCC1. The summed E-state index contributed by atoms with van der Waals surface area (Å²) >= 11 is 0. The molecule has 1 fully saturated rings. The first-order chi connectivity index (χ1) is 13.8. The summed E-state index contributed by atoms with van der Waals surface area (Å²) in [5, 5.41) is 0. The van der Waals surface area contributed by atoms with E-state index in [9.17, 15) is 0 Å². The first kappa shape index (κ1) is 18.7. The lowest BCUT2D eigenvalue weighted by Gasteiger charge is -2.32. The summed E-state index contributed by atoms with van der Waals surface area (Å²) in [5.74, 6) is 0.892. The van der Waals surface area contributed by atoms with Crippen LogP contribution >= 0.6 is 0 Å². The molecule has 4 rings (SSSR count). The van der Waals surface area contributed by atoms with Gasteiger partial charge in [-0.05, 0) is 35.7 Å². The Kier molecular flexibility index (Phi) is 6.04. The predicted molar refractivity (Wildman–Crippen MR) is 110 cm³/mol. The van der Waals surface area contributed by atoms with Crippen LogP contribution in [-0.2, 0) is 11.3 Å². The van der Waals surface area contributed by atoms with Gasteiger partial charge >= 0.3 is 0 Å². The fourth-order valence-corrected chi connectivity index (χ4v) is 3.58. The number of rotatable bonds is 7. The molecule has 1 aromatic heterocycles. The maximum absolute atomic E-state index is 5.92. The number of hydrogen-bond donors (Lipinski definition) is 0. The van der Waals surface area contributed by atoms with Gasteiger partial charge in [0.1, 0.15) is 12.4 Å². The highest BCUT2D eigenvalue weighted by molar-refractivity contribution is 5.65. The molecule has 2 heterocycles. The van der Waals surface area contributed by atoms with Crippen LogP contribution in [0, 0.1) is 0 Å². The van der Waals surface area contributed by atoms with E-state index in [0.29, 0.717) is 12.6 Å². The van der Waals surface area contributed by atoms with Gasteiger partial charge in [-0.3, -0.25) is 4.90 Å². The summed E-state index contributed by atoms with van der Waals surface area (Å²) in [6.45, 7) is 7.35. The molecule has 0 spiro atoms. The Morgan fingerprint density at radius 2 is 1.89 bits per heavy atom. The first-order valence-electron chi connectivity index (χ1n) is 9.90. The first-order valence-corrected chi connectivity index (χ1v) is 9.90. The average Bonchev–Trinajstić information content (AvgIpc) is 3.28. The molecule has 0 aliphatic carbocycles. The molecular weight excluding hydrogens is 350 g/mol. The van der Waals surface area contributed by atoms with Crippen LogP contribution in [0.5, 0.6) is 5.75 Å². The Bertz CT molecular complexity index is 856. The summed E-state index contributed by atoms with van der Waals surface area (Å²) in [6, 6.07) is 17.6. The Morgan fingerprint density at radius 1 is 1.07 bits per heavy atom. The molecule has 0 amide bonds. The molecule has 5 heteroatoms. The van der Waals surface area contributed by atoms with E-state index in [1.54, 1.807) is 12.5 Å². The van der Waals surface area contributed by atoms with Gasteiger partial charge in [0.05, 0.1) is 26.1 Å². The Hall–Kier alpha value is -2.63. The van der Waals surface area contributed by atoms with Gasteiger partial charge in [0.2, 0.25) is 0 Å². The molecular formula is C23H27N3O2. The summed E-state index contributed by atoms with van der Waals surface area (Å²) in [5.41, 5.74) is 3.72. The van der Waals surface area contributed by atoms with E-state index in [1.165, 1.54) is 16.7 Å².